The summed E-state index contributed by atoms with van der Waals surface area (Å²) in [7, 11) is 0. The molecular formula is C12H19N3S. The normalized spacial score (nSPS) is 34.9. The van der Waals surface area contributed by atoms with Crippen molar-refractivity contribution in [3.8, 4) is 0 Å². The van der Waals surface area contributed by atoms with Crippen LogP contribution in [0.25, 0.3) is 0 Å². The number of nitrogens with zero attached hydrogens (tertiary/aromatic N) is 2. The fourth-order valence-corrected chi connectivity index (χ4v) is 3.73. The molecule has 4 unspecified atom stereocenters. The van der Waals surface area contributed by atoms with E-state index in [1.807, 2.05) is 6.07 Å². The Kier molecular flexibility index (Phi) is 3.82. The first-order valence-electron chi connectivity index (χ1n) is 5.85. The van der Waals surface area contributed by atoms with Crippen LogP contribution in [0.5, 0.6) is 0 Å². The lowest BCUT2D eigenvalue weighted by Crippen LogP contribution is -2.42. The molecule has 1 aliphatic carbocycles. The number of rotatable bonds is 2. The summed E-state index contributed by atoms with van der Waals surface area (Å²) in [5, 5.41) is 1.53. The number of nitrogens with two attached hydrogens (primary N) is 1. The Balaban J connectivity index is 2.03. The largest absolute Gasteiger partial charge is 0.327 e. The second-order valence-electron chi connectivity index (χ2n) is 4.85. The van der Waals surface area contributed by atoms with Gasteiger partial charge < -0.3 is 5.73 Å². The van der Waals surface area contributed by atoms with Gasteiger partial charge in [0.15, 0.2) is 0 Å². The molecule has 2 rings (SSSR count). The highest BCUT2D eigenvalue weighted by Crippen LogP contribution is 2.37. The van der Waals surface area contributed by atoms with E-state index < -0.39 is 0 Å². The van der Waals surface area contributed by atoms with E-state index in [2.05, 4.69) is 23.8 Å². The van der Waals surface area contributed by atoms with E-state index in [-0.39, 0.29) is 0 Å². The molecule has 88 valence electrons. The molecule has 0 aliphatic heterocycles. The molecule has 2 N–H and O–H groups in total. The third-order valence-corrected chi connectivity index (χ3v) is 4.81. The van der Waals surface area contributed by atoms with E-state index in [1.54, 1.807) is 24.3 Å². The first-order valence-corrected chi connectivity index (χ1v) is 6.73. The quantitative estimate of drug-likeness (QED) is 0.802. The maximum Gasteiger partial charge on any atom is 0.116 e. The van der Waals surface area contributed by atoms with E-state index in [9.17, 15) is 0 Å². The van der Waals surface area contributed by atoms with Crippen molar-refractivity contribution in [3.05, 3.63) is 18.6 Å². The molecule has 1 heterocycles. The lowest BCUT2D eigenvalue weighted by Gasteiger charge is -2.36. The first-order chi connectivity index (χ1) is 7.66. The van der Waals surface area contributed by atoms with Crippen LogP contribution in [0.1, 0.15) is 26.7 Å². The van der Waals surface area contributed by atoms with Crippen molar-refractivity contribution < 1.29 is 0 Å². The molecule has 4 heteroatoms. The zero-order chi connectivity index (χ0) is 11.5. The van der Waals surface area contributed by atoms with Crippen molar-refractivity contribution in [2.24, 2.45) is 17.6 Å². The van der Waals surface area contributed by atoms with Crippen LogP contribution in [-0.4, -0.2) is 21.3 Å². The lowest BCUT2D eigenvalue weighted by atomic mass is 9.80. The summed E-state index contributed by atoms with van der Waals surface area (Å²) in [6.45, 7) is 4.59. The molecule has 1 fully saturated rings. The number of thioether (sulfide) groups is 1. The monoisotopic (exact) mass is 237 g/mol. The second kappa shape index (κ2) is 5.15. The Bertz CT molecular complexity index is 318. The van der Waals surface area contributed by atoms with E-state index >= 15 is 0 Å². The van der Waals surface area contributed by atoms with Gasteiger partial charge in [0, 0.05) is 17.5 Å². The van der Waals surface area contributed by atoms with Crippen molar-refractivity contribution in [2.75, 3.05) is 0 Å². The molecular weight excluding hydrogens is 218 g/mol. The number of aromatic nitrogens is 2. The van der Waals surface area contributed by atoms with Crippen LogP contribution >= 0.6 is 11.8 Å². The molecule has 0 radical (unpaired) electrons. The summed E-state index contributed by atoms with van der Waals surface area (Å²) in [6, 6.07) is 2.25. The smallest absolute Gasteiger partial charge is 0.116 e. The predicted octanol–water partition coefficient (Wildman–Crippen LogP) is 2.33. The van der Waals surface area contributed by atoms with Gasteiger partial charge in [-0.1, -0.05) is 13.8 Å². The topological polar surface area (TPSA) is 51.8 Å². The number of hydrogen-bond donors (Lipinski definition) is 1. The van der Waals surface area contributed by atoms with Crippen LogP contribution in [0.4, 0.5) is 0 Å². The van der Waals surface area contributed by atoms with E-state index in [0.29, 0.717) is 17.2 Å². The zero-order valence-corrected chi connectivity index (χ0v) is 10.7. The van der Waals surface area contributed by atoms with Crippen molar-refractivity contribution in [2.45, 2.75) is 43.0 Å². The van der Waals surface area contributed by atoms with Crippen molar-refractivity contribution in [1.82, 2.24) is 9.97 Å². The molecule has 4 atom stereocenters. The van der Waals surface area contributed by atoms with Gasteiger partial charge in [0.1, 0.15) is 6.33 Å². The van der Waals surface area contributed by atoms with Crippen molar-refractivity contribution in [3.63, 3.8) is 0 Å². The highest BCUT2D eigenvalue weighted by molar-refractivity contribution is 7.99. The van der Waals surface area contributed by atoms with Crippen LogP contribution in [0, 0.1) is 11.8 Å². The molecule has 3 nitrogen and oxygen atoms in total. The minimum Gasteiger partial charge on any atom is -0.327 e. The van der Waals surface area contributed by atoms with Crippen LogP contribution in [0.15, 0.2) is 23.6 Å². The van der Waals surface area contributed by atoms with Crippen LogP contribution in [0.3, 0.4) is 0 Å². The van der Waals surface area contributed by atoms with Crippen LogP contribution < -0.4 is 5.73 Å². The van der Waals surface area contributed by atoms with Crippen LogP contribution in [0.2, 0.25) is 0 Å². The van der Waals surface area contributed by atoms with Gasteiger partial charge in [-0.05, 0) is 30.7 Å². The number of hydrogen-bond acceptors (Lipinski definition) is 4. The van der Waals surface area contributed by atoms with Gasteiger partial charge in [0.05, 0.1) is 5.03 Å². The summed E-state index contributed by atoms with van der Waals surface area (Å²) >= 11 is 1.81. The molecule has 1 aromatic heterocycles. The summed E-state index contributed by atoms with van der Waals surface area (Å²) in [4.78, 5) is 8.19. The molecule has 0 aromatic carbocycles. The summed E-state index contributed by atoms with van der Waals surface area (Å²) in [5.41, 5.74) is 6.24. The second-order valence-corrected chi connectivity index (χ2v) is 6.05. The van der Waals surface area contributed by atoms with Gasteiger partial charge in [-0.15, -0.1) is 11.8 Å². The average Bonchev–Trinajstić information content (AvgIpc) is 2.25. The van der Waals surface area contributed by atoms with Crippen LogP contribution in [-0.2, 0) is 0 Å². The summed E-state index contributed by atoms with van der Waals surface area (Å²) in [5.74, 6) is 1.42. The van der Waals surface area contributed by atoms with Crippen molar-refractivity contribution in [1.29, 1.82) is 0 Å². The highest BCUT2D eigenvalue weighted by Gasteiger charge is 2.32. The Morgan fingerprint density at radius 3 is 2.81 bits per heavy atom. The Morgan fingerprint density at radius 2 is 2.19 bits per heavy atom. The van der Waals surface area contributed by atoms with Crippen molar-refractivity contribution >= 4 is 11.8 Å². The molecule has 0 bridgehead atoms. The molecule has 0 saturated heterocycles. The third kappa shape index (κ3) is 2.74. The molecule has 0 amide bonds. The molecule has 1 aliphatic rings. The van der Waals surface area contributed by atoms with Gasteiger partial charge in [-0.25, -0.2) is 9.97 Å². The van der Waals surface area contributed by atoms with Gasteiger partial charge in [0.25, 0.3) is 0 Å². The van der Waals surface area contributed by atoms with Gasteiger partial charge in [0.2, 0.25) is 0 Å². The highest BCUT2D eigenvalue weighted by atomic mass is 32.2. The SMILES string of the molecule is CC1CC(C)C(Sc2ccncn2)C(N)C1. The zero-order valence-electron chi connectivity index (χ0n) is 9.84. The van der Waals surface area contributed by atoms with E-state index in [4.69, 9.17) is 5.73 Å². The standard InChI is InChI=1S/C12H19N3S/c1-8-5-9(2)12(10(13)6-8)16-11-3-4-14-7-15-11/h3-4,7-10,12H,5-6,13H2,1-2H3. The molecule has 16 heavy (non-hydrogen) atoms. The Hall–Kier alpha value is -0.610. The maximum absolute atomic E-state index is 6.24. The Morgan fingerprint density at radius 1 is 1.38 bits per heavy atom. The minimum atomic E-state index is 0.290. The maximum atomic E-state index is 6.24. The predicted molar refractivity (Wildman–Crippen MR) is 67.2 cm³/mol. The molecule has 1 saturated carbocycles. The fraction of sp³-hybridized carbons (Fsp3) is 0.667. The molecule has 1 aromatic rings. The minimum absolute atomic E-state index is 0.290. The summed E-state index contributed by atoms with van der Waals surface area (Å²) < 4.78 is 0. The van der Waals surface area contributed by atoms with Gasteiger partial charge >= 0.3 is 0 Å². The van der Waals surface area contributed by atoms with Gasteiger partial charge in [-0.2, -0.15) is 0 Å². The fourth-order valence-electron chi connectivity index (χ4n) is 2.58. The average molecular weight is 237 g/mol. The first kappa shape index (κ1) is 11.9. The van der Waals surface area contributed by atoms with E-state index in [0.717, 1.165) is 17.4 Å². The third-order valence-electron chi connectivity index (χ3n) is 3.24. The van der Waals surface area contributed by atoms with Gasteiger partial charge in [-0.3, -0.25) is 0 Å². The Labute approximate surface area is 101 Å². The summed E-state index contributed by atoms with van der Waals surface area (Å²) in [6.07, 6.45) is 5.80. The van der Waals surface area contributed by atoms with E-state index in [1.165, 1.54) is 6.42 Å². The lowest BCUT2D eigenvalue weighted by molar-refractivity contribution is 0.279. The molecule has 0 spiro atoms.